The van der Waals surface area contributed by atoms with Crippen LogP contribution in [-0.4, -0.2) is 68.7 Å². The van der Waals surface area contributed by atoms with Gasteiger partial charge in [0.05, 0.1) is 24.3 Å². The average molecular weight is 530 g/mol. The normalized spacial score (nSPS) is 14.1. The zero-order valence-corrected chi connectivity index (χ0v) is 23.0. The first-order valence-corrected chi connectivity index (χ1v) is 13.2. The highest BCUT2D eigenvalue weighted by Crippen LogP contribution is 2.39. The van der Waals surface area contributed by atoms with Gasteiger partial charge < -0.3 is 19.9 Å². The van der Waals surface area contributed by atoms with Gasteiger partial charge in [-0.3, -0.25) is 9.80 Å². The van der Waals surface area contributed by atoms with Crippen LogP contribution in [0.5, 0.6) is 0 Å². The Morgan fingerprint density at radius 1 is 1.00 bits per heavy atom. The first kappa shape index (κ1) is 28.0. The van der Waals surface area contributed by atoms with E-state index in [1.165, 1.54) is 27.4 Å². The van der Waals surface area contributed by atoms with Gasteiger partial charge in [0.2, 0.25) is 11.4 Å². The number of carbonyl (C=O) groups is 1. The Bertz CT molecular complexity index is 1550. The van der Waals surface area contributed by atoms with Crippen molar-refractivity contribution in [3.05, 3.63) is 72.3 Å². The van der Waals surface area contributed by atoms with Crippen LogP contribution < -0.4 is 5.01 Å². The molecule has 1 aliphatic rings. The van der Waals surface area contributed by atoms with Crippen LogP contribution in [-0.2, 0) is 16.8 Å². The number of β-amino-alcohol motifs (C(OH)–C–C–N with tert-alkyl or cyclic N) is 1. The van der Waals surface area contributed by atoms with Gasteiger partial charge in [-0.05, 0) is 45.0 Å². The summed E-state index contributed by atoms with van der Waals surface area (Å²) in [4.78, 5) is 9.00. The fraction of sp³-hybridized carbons (Fsp3) is 0.323. The highest BCUT2D eigenvalue weighted by molar-refractivity contribution is 6.33. The molecule has 0 aliphatic carbocycles. The van der Waals surface area contributed by atoms with E-state index in [0.717, 1.165) is 30.6 Å². The molecule has 3 N–H and O–H groups in total. The molecular formula is C31H37N4O4+. The second kappa shape index (κ2) is 11.8. The molecule has 0 fully saturated rings. The molecule has 5 rings (SSSR count). The van der Waals surface area contributed by atoms with Crippen molar-refractivity contribution in [1.82, 2.24) is 4.57 Å². The molecule has 1 aromatic heterocycles. The number of benzene rings is 3. The Morgan fingerprint density at radius 2 is 1.67 bits per heavy atom. The van der Waals surface area contributed by atoms with Crippen molar-refractivity contribution in [2.45, 2.75) is 39.7 Å². The number of hydrogen-bond donors (Lipinski definition) is 3. The van der Waals surface area contributed by atoms with Crippen molar-refractivity contribution in [2.75, 3.05) is 31.3 Å². The average Bonchev–Trinajstić information content (AvgIpc) is 3.35. The van der Waals surface area contributed by atoms with E-state index in [9.17, 15) is 10.2 Å². The number of hydrogen-bond acceptors (Lipinski definition) is 5. The van der Waals surface area contributed by atoms with E-state index in [4.69, 9.17) is 15.0 Å². The summed E-state index contributed by atoms with van der Waals surface area (Å²) < 4.78 is 4.48. The number of aliphatic hydroxyl groups is 2. The Labute approximate surface area is 228 Å². The van der Waals surface area contributed by atoms with Gasteiger partial charge in [0, 0.05) is 46.9 Å². The summed E-state index contributed by atoms with van der Waals surface area (Å²) in [6.07, 6.45) is 1.89. The molecule has 0 bridgehead atoms. The van der Waals surface area contributed by atoms with Crippen molar-refractivity contribution in [2.24, 2.45) is 5.10 Å². The third kappa shape index (κ3) is 5.44. The SMILES string of the molecule is CC(=O)O.CCn1c2ccccc2c2cc(N(CCO)N=CC3=[N+](CCO)c4ccccc4C3(C)C)ccc21. The highest BCUT2D eigenvalue weighted by Gasteiger charge is 2.44. The minimum atomic E-state index is -0.833. The van der Waals surface area contributed by atoms with E-state index in [2.05, 4.69) is 90.6 Å². The van der Waals surface area contributed by atoms with E-state index in [1.54, 1.807) is 0 Å². The van der Waals surface area contributed by atoms with Crippen LogP contribution in [0.4, 0.5) is 11.4 Å². The Morgan fingerprint density at radius 3 is 2.36 bits per heavy atom. The number of aromatic nitrogens is 1. The molecule has 8 heteroatoms. The van der Waals surface area contributed by atoms with Crippen LogP contribution in [0, 0.1) is 0 Å². The maximum absolute atomic E-state index is 9.83. The summed E-state index contributed by atoms with van der Waals surface area (Å²) in [7, 11) is 0. The lowest BCUT2D eigenvalue weighted by molar-refractivity contribution is -0.439. The Balaban J connectivity index is 0.000000826. The van der Waals surface area contributed by atoms with Crippen LogP contribution in [0.3, 0.4) is 0 Å². The monoisotopic (exact) mass is 529 g/mol. The van der Waals surface area contributed by atoms with Crippen molar-refractivity contribution < 1.29 is 24.7 Å². The van der Waals surface area contributed by atoms with Gasteiger partial charge in [-0.1, -0.05) is 36.4 Å². The topological polar surface area (TPSA) is 101 Å². The number of fused-ring (bicyclic) bond motifs is 4. The number of para-hydroxylation sites is 2. The molecule has 8 nitrogen and oxygen atoms in total. The number of aliphatic carboxylic acids is 1. The fourth-order valence-electron chi connectivity index (χ4n) is 5.43. The van der Waals surface area contributed by atoms with Crippen molar-refractivity contribution in [1.29, 1.82) is 0 Å². The quantitative estimate of drug-likeness (QED) is 0.174. The molecule has 0 saturated heterocycles. The first-order valence-electron chi connectivity index (χ1n) is 13.2. The lowest BCUT2D eigenvalue weighted by Crippen LogP contribution is -2.33. The second-order valence-corrected chi connectivity index (χ2v) is 9.98. The summed E-state index contributed by atoms with van der Waals surface area (Å²) in [6.45, 7) is 9.46. The zero-order chi connectivity index (χ0) is 28.2. The maximum Gasteiger partial charge on any atom is 0.300 e. The van der Waals surface area contributed by atoms with Crippen LogP contribution in [0.2, 0.25) is 0 Å². The van der Waals surface area contributed by atoms with Gasteiger partial charge in [0.25, 0.3) is 5.97 Å². The van der Waals surface area contributed by atoms with Gasteiger partial charge >= 0.3 is 0 Å². The molecule has 204 valence electrons. The number of aliphatic hydroxyl groups excluding tert-OH is 2. The predicted molar refractivity (Wildman–Crippen MR) is 158 cm³/mol. The number of nitrogens with zero attached hydrogens (tertiary/aromatic N) is 4. The number of hydrazone groups is 1. The van der Waals surface area contributed by atoms with Gasteiger partial charge in [-0.2, -0.15) is 9.68 Å². The van der Waals surface area contributed by atoms with E-state index in [0.29, 0.717) is 13.1 Å². The largest absolute Gasteiger partial charge is 0.481 e. The second-order valence-electron chi connectivity index (χ2n) is 9.98. The minimum Gasteiger partial charge on any atom is -0.481 e. The molecule has 0 saturated carbocycles. The zero-order valence-electron chi connectivity index (χ0n) is 23.0. The maximum atomic E-state index is 9.83. The number of rotatable bonds is 8. The summed E-state index contributed by atoms with van der Waals surface area (Å²) in [5.74, 6) is -0.833. The Kier molecular flexibility index (Phi) is 8.47. The summed E-state index contributed by atoms with van der Waals surface area (Å²) in [6, 6.07) is 23.2. The molecule has 0 unspecified atom stereocenters. The summed E-state index contributed by atoms with van der Waals surface area (Å²) in [5, 5.41) is 36.1. The van der Waals surface area contributed by atoms with Gasteiger partial charge in [0.1, 0.15) is 12.8 Å². The van der Waals surface area contributed by atoms with E-state index in [1.807, 2.05) is 17.3 Å². The lowest BCUT2D eigenvalue weighted by atomic mass is 9.82. The molecular weight excluding hydrogens is 492 g/mol. The lowest BCUT2D eigenvalue weighted by Gasteiger charge is -2.20. The molecule has 4 aromatic rings. The van der Waals surface area contributed by atoms with Crippen LogP contribution in [0.1, 0.15) is 33.3 Å². The first-order chi connectivity index (χ1) is 18.7. The summed E-state index contributed by atoms with van der Waals surface area (Å²) >= 11 is 0. The number of anilines is 1. The third-order valence-electron chi connectivity index (χ3n) is 7.12. The van der Waals surface area contributed by atoms with E-state index in [-0.39, 0.29) is 18.6 Å². The summed E-state index contributed by atoms with van der Waals surface area (Å²) in [5.41, 5.74) is 6.46. The van der Waals surface area contributed by atoms with Crippen molar-refractivity contribution in [3.63, 3.8) is 0 Å². The molecule has 3 aromatic carbocycles. The molecule has 0 radical (unpaired) electrons. The van der Waals surface area contributed by atoms with E-state index >= 15 is 0 Å². The van der Waals surface area contributed by atoms with Crippen molar-refractivity contribution >= 4 is 51.1 Å². The Hall–Kier alpha value is -4.01. The standard InChI is InChI=1S/C29H33N4O2.C2H4O2/c1-4-31-25-11-7-5-9-22(25)23-19-21(13-14-26(23)31)33(16-18-35)30-20-28-29(2,3)24-10-6-8-12-27(24)32(28)15-17-34;1-2(3)4/h5-14,19-20,34-35H,4,15-18H2,1-3H3;1H3,(H,3,4)/q+1;. The molecule has 0 atom stereocenters. The molecule has 1 aliphatic heterocycles. The third-order valence-corrected chi connectivity index (χ3v) is 7.12. The van der Waals surface area contributed by atoms with Gasteiger partial charge in [0.15, 0.2) is 6.54 Å². The molecule has 0 amide bonds. The fourth-order valence-corrected chi connectivity index (χ4v) is 5.43. The molecule has 39 heavy (non-hydrogen) atoms. The smallest absolute Gasteiger partial charge is 0.300 e. The van der Waals surface area contributed by atoms with Gasteiger partial charge in [-0.15, -0.1) is 0 Å². The van der Waals surface area contributed by atoms with Crippen LogP contribution in [0.15, 0.2) is 71.8 Å². The number of carboxylic acids is 1. The number of aryl methyl sites for hydroxylation is 1. The van der Waals surface area contributed by atoms with Crippen molar-refractivity contribution in [3.8, 4) is 0 Å². The van der Waals surface area contributed by atoms with Crippen LogP contribution in [0.25, 0.3) is 21.8 Å². The van der Waals surface area contributed by atoms with E-state index < -0.39 is 5.97 Å². The molecule has 2 heterocycles. The van der Waals surface area contributed by atoms with Gasteiger partial charge in [-0.25, -0.2) is 0 Å². The molecule has 0 spiro atoms. The number of carboxylic acid groups (broad SMARTS) is 1. The van der Waals surface area contributed by atoms with Crippen LogP contribution >= 0.6 is 0 Å². The highest BCUT2D eigenvalue weighted by atomic mass is 16.4. The predicted octanol–water partition coefficient (Wildman–Crippen LogP) is 4.76. The minimum absolute atomic E-state index is 0.00853.